The molecule has 1 amide bonds. The van der Waals surface area contributed by atoms with E-state index in [4.69, 9.17) is 0 Å². The molecule has 1 aromatic rings. The molecule has 3 nitrogen and oxygen atoms in total. The first kappa shape index (κ1) is 15.2. The van der Waals surface area contributed by atoms with Crippen LogP contribution < -0.4 is 4.74 Å². The standard InChI is InChI=1S/C13H13BrF3NO2/c14-7-8-18(10-3-4-10)12(19)9-1-5-11(6-2-9)20-13(15,16)17/h1-2,5-6,10H,3-4,7-8H2. The van der Waals surface area contributed by atoms with Crippen molar-refractivity contribution in [2.75, 3.05) is 11.9 Å². The van der Waals surface area contributed by atoms with Crippen molar-refractivity contribution in [1.29, 1.82) is 0 Å². The number of hydrogen-bond acceptors (Lipinski definition) is 2. The summed E-state index contributed by atoms with van der Waals surface area (Å²) < 4.78 is 39.9. The van der Waals surface area contributed by atoms with Gasteiger partial charge in [-0.2, -0.15) is 0 Å². The molecule has 7 heteroatoms. The highest BCUT2D eigenvalue weighted by atomic mass is 79.9. The summed E-state index contributed by atoms with van der Waals surface area (Å²) in [5.74, 6) is -0.488. The van der Waals surface area contributed by atoms with Crippen molar-refractivity contribution in [3.8, 4) is 5.75 Å². The van der Waals surface area contributed by atoms with E-state index in [0.717, 1.165) is 25.0 Å². The van der Waals surface area contributed by atoms with Gasteiger partial charge in [0.15, 0.2) is 0 Å². The van der Waals surface area contributed by atoms with Crippen molar-refractivity contribution in [3.05, 3.63) is 29.8 Å². The average Bonchev–Trinajstić information content (AvgIpc) is 3.18. The number of benzene rings is 1. The van der Waals surface area contributed by atoms with Gasteiger partial charge in [0.25, 0.3) is 5.91 Å². The van der Waals surface area contributed by atoms with Crippen LogP contribution in [0.2, 0.25) is 0 Å². The lowest BCUT2D eigenvalue weighted by Gasteiger charge is -2.21. The fraction of sp³-hybridized carbons (Fsp3) is 0.462. The summed E-state index contributed by atoms with van der Waals surface area (Å²) in [6, 6.07) is 5.27. The van der Waals surface area contributed by atoms with E-state index < -0.39 is 6.36 Å². The van der Waals surface area contributed by atoms with Crippen LogP contribution in [0.25, 0.3) is 0 Å². The van der Waals surface area contributed by atoms with E-state index in [2.05, 4.69) is 20.7 Å². The zero-order valence-electron chi connectivity index (χ0n) is 10.5. The van der Waals surface area contributed by atoms with Gasteiger partial charge in [0, 0.05) is 23.5 Å². The van der Waals surface area contributed by atoms with Crippen molar-refractivity contribution in [2.45, 2.75) is 25.2 Å². The van der Waals surface area contributed by atoms with Crippen LogP contribution in [0.3, 0.4) is 0 Å². The quantitative estimate of drug-likeness (QED) is 0.758. The first-order chi connectivity index (χ1) is 9.40. The van der Waals surface area contributed by atoms with Crippen LogP contribution in [0, 0.1) is 0 Å². The molecule has 1 saturated carbocycles. The molecule has 0 saturated heterocycles. The lowest BCUT2D eigenvalue weighted by Crippen LogP contribution is -2.34. The summed E-state index contributed by atoms with van der Waals surface area (Å²) in [5.41, 5.74) is 0.368. The molecule has 110 valence electrons. The zero-order chi connectivity index (χ0) is 14.8. The van der Waals surface area contributed by atoms with Crippen LogP contribution in [0.1, 0.15) is 23.2 Å². The van der Waals surface area contributed by atoms with Crippen LogP contribution in [0.15, 0.2) is 24.3 Å². The van der Waals surface area contributed by atoms with E-state index in [1.165, 1.54) is 12.1 Å². The molecule has 0 atom stereocenters. The fourth-order valence-corrected chi connectivity index (χ4v) is 2.27. The number of rotatable bonds is 5. The summed E-state index contributed by atoms with van der Waals surface area (Å²) >= 11 is 3.29. The number of halogens is 4. The molecule has 20 heavy (non-hydrogen) atoms. The number of hydrogen-bond donors (Lipinski definition) is 0. The molecule has 0 spiro atoms. The van der Waals surface area contributed by atoms with Gasteiger partial charge < -0.3 is 9.64 Å². The van der Waals surface area contributed by atoms with E-state index in [1.807, 2.05) is 0 Å². The Morgan fingerprint density at radius 2 is 1.90 bits per heavy atom. The van der Waals surface area contributed by atoms with Crippen LogP contribution in [0.5, 0.6) is 5.75 Å². The summed E-state index contributed by atoms with van der Waals surface area (Å²) in [6.45, 7) is 0.588. The van der Waals surface area contributed by atoms with Crippen LogP contribution >= 0.6 is 15.9 Å². The Kier molecular flexibility index (Phi) is 4.57. The number of ether oxygens (including phenoxy) is 1. The SMILES string of the molecule is O=C(c1ccc(OC(F)(F)F)cc1)N(CCBr)C1CC1. The number of nitrogens with zero attached hydrogens (tertiary/aromatic N) is 1. The molecule has 0 radical (unpaired) electrons. The second kappa shape index (κ2) is 6.03. The largest absolute Gasteiger partial charge is 0.573 e. The van der Waals surface area contributed by atoms with Crippen molar-refractivity contribution < 1.29 is 22.7 Å². The smallest absolute Gasteiger partial charge is 0.406 e. The van der Waals surface area contributed by atoms with Crippen LogP contribution in [-0.4, -0.2) is 35.1 Å². The van der Waals surface area contributed by atoms with Gasteiger partial charge in [0.1, 0.15) is 5.75 Å². The van der Waals surface area contributed by atoms with Gasteiger partial charge in [-0.05, 0) is 37.1 Å². The number of carbonyl (C=O) groups excluding carboxylic acids is 1. The molecular formula is C13H13BrF3NO2. The Morgan fingerprint density at radius 3 is 2.35 bits per heavy atom. The summed E-state index contributed by atoms with van der Waals surface area (Å²) in [6.07, 6.45) is -2.76. The molecule has 1 aromatic carbocycles. The summed E-state index contributed by atoms with van der Waals surface area (Å²) in [4.78, 5) is 14.0. The summed E-state index contributed by atoms with van der Waals surface area (Å²) in [7, 11) is 0. The van der Waals surface area contributed by atoms with Crippen LogP contribution in [0.4, 0.5) is 13.2 Å². The second-order valence-corrected chi connectivity index (χ2v) is 5.28. The Labute approximate surface area is 122 Å². The van der Waals surface area contributed by atoms with Gasteiger partial charge in [-0.1, -0.05) is 15.9 Å². The van der Waals surface area contributed by atoms with E-state index in [-0.39, 0.29) is 17.7 Å². The van der Waals surface area contributed by atoms with Crippen molar-refractivity contribution in [1.82, 2.24) is 4.90 Å². The predicted octanol–water partition coefficient (Wildman–Crippen LogP) is 3.58. The van der Waals surface area contributed by atoms with Gasteiger partial charge in [0.2, 0.25) is 0 Å². The molecule has 0 aromatic heterocycles. The summed E-state index contributed by atoms with van der Waals surface area (Å²) in [5, 5.41) is 0.671. The third-order valence-electron chi connectivity index (χ3n) is 2.91. The maximum absolute atomic E-state index is 12.3. The van der Waals surface area contributed by atoms with Gasteiger partial charge in [0.05, 0.1) is 0 Å². The van der Waals surface area contributed by atoms with Crippen molar-refractivity contribution in [3.63, 3.8) is 0 Å². The topological polar surface area (TPSA) is 29.5 Å². The second-order valence-electron chi connectivity index (χ2n) is 4.49. The first-order valence-electron chi connectivity index (χ1n) is 6.13. The monoisotopic (exact) mass is 351 g/mol. The molecule has 2 rings (SSSR count). The van der Waals surface area contributed by atoms with Crippen LogP contribution in [-0.2, 0) is 0 Å². The molecule has 0 heterocycles. The van der Waals surface area contributed by atoms with E-state index in [1.54, 1.807) is 4.90 Å². The molecule has 1 aliphatic carbocycles. The van der Waals surface area contributed by atoms with Gasteiger partial charge in [-0.25, -0.2) is 0 Å². The third kappa shape index (κ3) is 4.13. The van der Waals surface area contributed by atoms with E-state index in [9.17, 15) is 18.0 Å². The molecule has 0 unspecified atom stereocenters. The number of alkyl halides is 4. The van der Waals surface area contributed by atoms with Crippen molar-refractivity contribution >= 4 is 21.8 Å². The highest BCUT2D eigenvalue weighted by Gasteiger charge is 2.33. The molecule has 0 aliphatic heterocycles. The average molecular weight is 352 g/mol. The number of amides is 1. The lowest BCUT2D eigenvalue weighted by molar-refractivity contribution is -0.274. The minimum Gasteiger partial charge on any atom is -0.406 e. The van der Waals surface area contributed by atoms with Gasteiger partial charge in [-0.15, -0.1) is 13.2 Å². The minimum atomic E-state index is -4.72. The Bertz CT molecular complexity index is 471. The fourth-order valence-electron chi connectivity index (χ4n) is 1.89. The molecular weight excluding hydrogens is 339 g/mol. The molecule has 1 aliphatic rings. The van der Waals surface area contributed by atoms with Crippen molar-refractivity contribution in [2.24, 2.45) is 0 Å². The molecule has 0 bridgehead atoms. The zero-order valence-corrected chi connectivity index (χ0v) is 12.1. The predicted molar refractivity (Wildman–Crippen MR) is 71.0 cm³/mol. The Balaban J connectivity index is 2.06. The number of carbonyl (C=O) groups is 1. The normalized spacial score (nSPS) is 15.0. The highest BCUT2D eigenvalue weighted by molar-refractivity contribution is 9.09. The van der Waals surface area contributed by atoms with Gasteiger partial charge >= 0.3 is 6.36 Å². The first-order valence-corrected chi connectivity index (χ1v) is 7.25. The molecule has 0 N–H and O–H groups in total. The Morgan fingerprint density at radius 1 is 1.30 bits per heavy atom. The van der Waals surface area contributed by atoms with Gasteiger partial charge in [-0.3, -0.25) is 4.79 Å². The lowest BCUT2D eigenvalue weighted by atomic mass is 10.2. The Hall–Kier alpha value is -1.24. The third-order valence-corrected chi connectivity index (χ3v) is 3.26. The van der Waals surface area contributed by atoms with E-state index >= 15 is 0 Å². The highest BCUT2D eigenvalue weighted by Crippen LogP contribution is 2.29. The minimum absolute atomic E-state index is 0.162. The maximum Gasteiger partial charge on any atom is 0.573 e. The maximum atomic E-state index is 12.3. The molecule has 1 fully saturated rings. The van der Waals surface area contributed by atoms with E-state index in [0.29, 0.717) is 17.4 Å².